The Labute approximate surface area is 132 Å². The zero-order valence-electron chi connectivity index (χ0n) is 12.2. The lowest BCUT2D eigenvalue weighted by molar-refractivity contribution is 0.158. The lowest BCUT2D eigenvalue weighted by Gasteiger charge is -2.08. The van der Waals surface area contributed by atoms with E-state index in [1.807, 2.05) is 54.6 Å². The molecule has 0 aliphatic rings. The number of hydrogen-bond donors (Lipinski definition) is 2. The van der Waals surface area contributed by atoms with Gasteiger partial charge in [0.2, 0.25) is 0 Å². The molecule has 116 valence electrons. The minimum atomic E-state index is -0.729. The number of nitrogens with one attached hydrogen (secondary N) is 1. The first kappa shape index (κ1) is 14.8. The van der Waals surface area contributed by atoms with Gasteiger partial charge in [-0.1, -0.05) is 42.5 Å². The van der Waals surface area contributed by atoms with Crippen LogP contribution < -0.4 is 10.2 Å². The number of carbonyl (C=O) groups excluding carboxylic acids is 1. The second kappa shape index (κ2) is 6.76. The first-order valence-electron chi connectivity index (χ1n) is 7.03. The number of carbonyl (C=O) groups is 1. The third kappa shape index (κ3) is 3.38. The molecule has 0 radical (unpaired) electrons. The molecule has 0 spiro atoms. The summed E-state index contributed by atoms with van der Waals surface area (Å²) in [6.45, 7) is 0.165. The Morgan fingerprint density at radius 1 is 1.04 bits per heavy atom. The van der Waals surface area contributed by atoms with E-state index in [0.29, 0.717) is 11.4 Å². The van der Waals surface area contributed by atoms with Gasteiger partial charge in [-0.15, -0.1) is 0 Å². The van der Waals surface area contributed by atoms with Gasteiger partial charge in [0.1, 0.15) is 12.4 Å². The van der Waals surface area contributed by atoms with E-state index in [9.17, 15) is 4.79 Å². The van der Waals surface area contributed by atoms with Crippen molar-refractivity contribution >= 4 is 6.03 Å². The topological polar surface area (TPSA) is 76.4 Å². The van der Waals surface area contributed by atoms with Gasteiger partial charge in [-0.3, -0.25) is 5.21 Å². The van der Waals surface area contributed by atoms with Crippen molar-refractivity contribution in [2.45, 2.75) is 6.61 Å². The molecule has 1 heterocycles. The summed E-state index contributed by atoms with van der Waals surface area (Å²) in [7, 11) is 0. The SMILES string of the molecule is O=C(NO)n1nccc1COc1ccc(-c2ccccc2)cc1. The smallest absolute Gasteiger partial charge is 0.366 e. The van der Waals surface area contributed by atoms with Crippen LogP contribution in [-0.2, 0) is 6.61 Å². The minimum Gasteiger partial charge on any atom is -0.487 e. The molecule has 0 bridgehead atoms. The highest BCUT2D eigenvalue weighted by molar-refractivity contribution is 5.75. The second-order valence-electron chi connectivity index (χ2n) is 4.83. The maximum Gasteiger partial charge on any atom is 0.366 e. The monoisotopic (exact) mass is 309 g/mol. The predicted molar refractivity (Wildman–Crippen MR) is 84.2 cm³/mol. The van der Waals surface area contributed by atoms with E-state index in [1.165, 1.54) is 11.7 Å². The fraction of sp³-hybridized carbons (Fsp3) is 0.0588. The molecule has 2 aromatic carbocycles. The van der Waals surface area contributed by atoms with Gasteiger partial charge in [-0.05, 0) is 29.3 Å². The van der Waals surface area contributed by atoms with Gasteiger partial charge < -0.3 is 4.74 Å². The lowest BCUT2D eigenvalue weighted by atomic mass is 10.1. The molecule has 0 unspecified atom stereocenters. The highest BCUT2D eigenvalue weighted by atomic mass is 16.5. The molecule has 0 saturated carbocycles. The van der Waals surface area contributed by atoms with E-state index >= 15 is 0 Å². The summed E-state index contributed by atoms with van der Waals surface area (Å²) in [5, 5.41) is 12.5. The number of nitrogens with zero attached hydrogens (tertiary/aromatic N) is 2. The molecule has 0 aliphatic heterocycles. The first-order chi connectivity index (χ1) is 11.3. The molecule has 0 saturated heterocycles. The van der Waals surface area contributed by atoms with Crippen LogP contribution in [-0.4, -0.2) is 21.0 Å². The second-order valence-corrected chi connectivity index (χ2v) is 4.83. The van der Waals surface area contributed by atoms with E-state index in [1.54, 1.807) is 6.07 Å². The van der Waals surface area contributed by atoms with Crippen molar-refractivity contribution in [3.63, 3.8) is 0 Å². The van der Waals surface area contributed by atoms with Crippen LogP contribution in [0.1, 0.15) is 5.69 Å². The van der Waals surface area contributed by atoms with Crippen LogP contribution in [0.25, 0.3) is 11.1 Å². The highest BCUT2D eigenvalue weighted by Crippen LogP contribution is 2.22. The number of hydrogen-bond acceptors (Lipinski definition) is 4. The number of benzene rings is 2. The van der Waals surface area contributed by atoms with Crippen LogP contribution in [0, 0.1) is 0 Å². The molecule has 1 aromatic heterocycles. The predicted octanol–water partition coefficient (Wildman–Crippen LogP) is 3.08. The zero-order chi connectivity index (χ0) is 16.1. The van der Waals surface area contributed by atoms with Gasteiger partial charge in [-0.25, -0.2) is 10.3 Å². The van der Waals surface area contributed by atoms with Crippen molar-refractivity contribution < 1.29 is 14.7 Å². The van der Waals surface area contributed by atoms with Crippen LogP contribution in [0.5, 0.6) is 5.75 Å². The third-order valence-corrected chi connectivity index (χ3v) is 3.36. The van der Waals surface area contributed by atoms with Crippen molar-refractivity contribution in [2.24, 2.45) is 0 Å². The van der Waals surface area contributed by atoms with E-state index in [4.69, 9.17) is 9.94 Å². The number of hydroxylamine groups is 1. The molecular formula is C17H15N3O3. The fourth-order valence-electron chi connectivity index (χ4n) is 2.20. The Balaban J connectivity index is 1.68. The van der Waals surface area contributed by atoms with E-state index in [-0.39, 0.29) is 6.61 Å². The molecule has 0 fully saturated rings. The van der Waals surface area contributed by atoms with Gasteiger partial charge in [-0.2, -0.15) is 9.78 Å². The van der Waals surface area contributed by atoms with Crippen molar-refractivity contribution in [3.8, 4) is 16.9 Å². The number of rotatable bonds is 4. The maximum atomic E-state index is 11.4. The number of aromatic nitrogens is 2. The minimum absolute atomic E-state index is 0.165. The Morgan fingerprint density at radius 2 is 1.74 bits per heavy atom. The lowest BCUT2D eigenvalue weighted by Crippen LogP contribution is -2.28. The molecule has 2 N–H and O–H groups in total. The summed E-state index contributed by atoms with van der Waals surface area (Å²) < 4.78 is 6.69. The Bertz CT molecular complexity index is 782. The summed E-state index contributed by atoms with van der Waals surface area (Å²) in [6, 6.07) is 18.7. The molecular weight excluding hydrogens is 294 g/mol. The van der Waals surface area contributed by atoms with Crippen LogP contribution in [0.4, 0.5) is 4.79 Å². The van der Waals surface area contributed by atoms with Gasteiger partial charge in [0.05, 0.1) is 5.69 Å². The third-order valence-electron chi connectivity index (χ3n) is 3.36. The molecule has 23 heavy (non-hydrogen) atoms. The van der Waals surface area contributed by atoms with Crippen molar-refractivity contribution in [2.75, 3.05) is 0 Å². The summed E-state index contributed by atoms with van der Waals surface area (Å²) in [4.78, 5) is 11.4. The largest absolute Gasteiger partial charge is 0.487 e. The molecule has 0 aliphatic carbocycles. The van der Waals surface area contributed by atoms with Crippen LogP contribution >= 0.6 is 0 Å². The molecule has 6 heteroatoms. The van der Waals surface area contributed by atoms with Crippen LogP contribution in [0.15, 0.2) is 66.9 Å². The quantitative estimate of drug-likeness (QED) is 0.573. The fourth-order valence-corrected chi connectivity index (χ4v) is 2.20. The van der Waals surface area contributed by atoms with Crippen LogP contribution in [0.3, 0.4) is 0 Å². The zero-order valence-corrected chi connectivity index (χ0v) is 12.2. The van der Waals surface area contributed by atoms with E-state index in [0.717, 1.165) is 15.8 Å². The Morgan fingerprint density at radius 3 is 2.43 bits per heavy atom. The summed E-state index contributed by atoms with van der Waals surface area (Å²) in [6.07, 6.45) is 1.46. The van der Waals surface area contributed by atoms with Gasteiger partial charge in [0, 0.05) is 6.20 Å². The van der Waals surface area contributed by atoms with Crippen molar-refractivity contribution in [1.29, 1.82) is 0 Å². The molecule has 1 amide bonds. The van der Waals surface area contributed by atoms with E-state index < -0.39 is 6.03 Å². The van der Waals surface area contributed by atoms with Crippen molar-refractivity contribution in [1.82, 2.24) is 15.3 Å². The van der Waals surface area contributed by atoms with Gasteiger partial charge in [0.25, 0.3) is 0 Å². The van der Waals surface area contributed by atoms with Gasteiger partial charge in [0.15, 0.2) is 0 Å². The molecule has 3 aromatic rings. The molecule has 6 nitrogen and oxygen atoms in total. The standard InChI is InChI=1S/C17H15N3O3/c21-17(19-22)20-15(10-11-18-20)12-23-16-8-6-14(7-9-16)13-4-2-1-3-5-13/h1-11,22H,12H2,(H,19,21). The Hall–Kier alpha value is -3.12. The van der Waals surface area contributed by atoms with E-state index in [2.05, 4.69) is 5.10 Å². The Kier molecular flexibility index (Phi) is 4.35. The summed E-state index contributed by atoms with van der Waals surface area (Å²) in [5.41, 5.74) is 4.30. The maximum absolute atomic E-state index is 11.4. The molecule has 0 atom stereocenters. The molecule has 3 rings (SSSR count). The average molecular weight is 309 g/mol. The average Bonchev–Trinajstić information content (AvgIpc) is 3.09. The number of ether oxygens (including phenoxy) is 1. The first-order valence-corrected chi connectivity index (χ1v) is 7.03. The van der Waals surface area contributed by atoms with Crippen molar-refractivity contribution in [3.05, 3.63) is 72.6 Å². The summed E-state index contributed by atoms with van der Waals surface area (Å²) >= 11 is 0. The normalized spacial score (nSPS) is 10.3. The van der Waals surface area contributed by atoms with Crippen LogP contribution in [0.2, 0.25) is 0 Å². The summed E-state index contributed by atoms with van der Waals surface area (Å²) in [5.74, 6) is 0.682. The number of amides is 1. The highest BCUT2D eigenvalue weighted by Gasteiger charge is 2.10. The van der Waals surface area contributed by atoms with Gasteiger partial charge >= 0.3 is 6.03 Å².